The van der Waals surface area contributed by atoms with E-state index in [1.807, 2.05) is 16.0 Å². The average Bonchev–Trinajstić information content (AvgIpc) is 3.00. The second kappa shape index (κ2) is 6.01. The number of fused-ring (bicyclic) bond motifs is 1. The van der Waals surface area contributed by atoms with Crippen LogP contribution in [-0.2, 0) is 4.79 Å². The molecule has 2 aromatic heterocycles. The maximum absolute atomic E-state index is 11.8. The Morgan fingerprint density at radius 2 is 2.14 bits per heavy atom. The third-order valence-corrected chi connectivity index (χ3v) is 4.23. The van der Waals surface area contributed by atoms with E-state index in [1.54, 1.807) is 30.3 Å². The number of halogens is 2. The Kier molecular flexibility index (Phi) is 4.10. The van der Waals surface area contributed by atoms with Crippen molar-refractivity contribution in [1.82, 2.24) is 9.38 Å². The standard InChI is InChI=1S/C14H8BrClN2O2S/c15-9-1-3-10(4-2-9)20-12(19)6-5-11-13(16)17-14-18(11)7-8-21-14/h1-8H/b6-5+. The molecule has 0 fully saturated rings. The van der Waals surface area contributed by atoms with E-state index in [1.165, 1.54) is 17.4 Å². The highest BCUT2D eigenvalue weighted by Crippen LogP contribution is 2.22. The monoisotopic (exact) mass is 382 g/mol. The number of carbonyl (C=O) groups excluding carboxylic acids is 1. The molecule has 0 N–H and O–H groups in total. The summed E-state index contributed by atoms with van der Waals surface area (Å²) in [5.74, 6) is 0.00600. The van der Waals surface area contributed by atoms with Crippen molar-refractivity contribution in [3.8, 4) is 5.75 Å². The lowest BCUT2D eigenvalue weighted by Gasteiger charge is -2.00. The number of carbonyl (C=O) groups is 1. The average molecular weight is 384 g/mol. The van der Waals surface area contributed by atoms with Gasteiger partial charge < -0.3 is 4.74 Å². The summed E-state index contributed by atoms with van der Waals surface area (Å²) in [6, 6.07) is 7.02. The number of hydrogen-bond donors (Lipinski definition) is 0. The molecular weight excluding hydrogens is 376 g/mol. The quantitative estimate of drug-likeness (QED) is 0.382. The van der Waals surface area contributed by atoms with Crippen molar-refractivity contribution >= 4 is 55.9 Å². The van der Waals surface area contributed by atoms with Crippen LogP contribution < -0.4 is 4.74 Å². The predicted octanol–water partition coefficient (Wildman–Crippen LogP) is 4.43. The molecule has 0 aliphatic carbocycles. The van der Waals surface area contributed by atoms with Gasteiger partial charge in [-0.2, -0.15) is 0 Å². The van der Waals surface area contributed by atoms with Gasteiger partial charge >= 0.3 is 5.97 Å². The first kappa shape index (κ1) is 14.3. The highest BCUT2D eigenvalue weighted by molar-refractivity contribution is 9.10. The normalized spacial score (nSPS) is 11.3. The molecule has 0 radical (unpaired) electrons. The number of thiazole rings is 1. The van der Waals surface area contributed by atoms with E-state index >= 15 is 0 Å². The van der Waals surface area contributed by atoms with Gasteiger partial charge in [0, 0.05) is 22.1 Å². The lowest BCUT2D eigenvalue weighted by molar-refractivity contribution is -0.128. The maximum atomic E-state index is 11.8. The lowest BCUT2D eigenvalue weighted by atomic mass is 10.3. The molecule has 7 heteroatoms. The molecule has 0 bridgehead atoms. The maximum Gasteiger partial charge on any atom is 0.336 e. The topological polar surface area (TPSA) is 43.6 Å². The van der Waals surface area contributed by atoms with Crippen LogP contribution in [0.4, 0.5) is 0 Å². The molecule has 0 saturated carbocycles. The summed E-state index contributed by atoms with van der Waals surface area (Å²) in [7, 11) is 0. The number of rotatable bonds is 3. The van der Waals surface area contributed by atoms with Crippen LogP contribution in [0.3, 0.4) is 0 Å². The van der Waals surface area contributed by atoms with E-state index < -0.39 is 5.97 Å². The highest BCUT2D eigenvalue weighted by atomic mass is 79.9. The van der Waals surface area contributed by atoms with Crippen LogP contribution >= 0.6 is 38.9 Å². The molecule has 0 spiro atoms. The number of ether oxygens (including phenoxy) is 1. The Morgan fingerprint density at radius 3 is 2.90 bits per heavy atom. The van der Waals surface area contributed by atoms with Gasteiger partial charge in [0.1, 0.15) is 5.75 Å². The minimum Gasteiger partial charge on any atom is -0.423 e. The number of imidazole rings is 1. The largest absolute Gasteiger partial charge is 0.423 e. The smallest absolute Gasteiger partial charge is 0.336 e. The fraction of sp³-hybridized carbons (Fsp3) is 0. The van der Waals surface area contributed by atoms with Gasteiger partial charge in [0.2, 0.25) is 0 Å². The molecule has 1 aromatic carbocycles. The van der Waals surface area contributed by atoms with Crippen molar-refractivity contribution in [1.29, 1.82) is 0 Å². The van der Waals surface area contributed by atoms with E-state index in [4.69, 9.17) is 16.3 Å². The van der Waals surface area contributed by atoms with Crippen LogP contribution in [0.2, 0.25) is 5.15 Å². The molecule has 21 heavy (non-hydrogen) atoms. The van der Waals surface area contributed by atoms with Crippen LogP contribution in [0.5, 0.6) is 5.75 Å². The van der Waals surface area contributed by atoms with E-state index in [0.717, 1.165) is 9.43 Å². The van der Waals surface area contributed by atoms with Gasteiger partial charge in [-0.3, -0.25) is 4.40 Å². The first-order valence-corrected chi connectivity index (χ1v) is 7.95. The predicted molar refractivity (Wildman–Crippen MR) is 86.9 cm³/mol. The van der Waals surface area contributed by atoms with E-state index in [-0.39, 0.29) is 0 Å². The van der Waals surface area contributed by atoms with Crippen LogP contribution in [0.15, 0.2) is 46.4 Å². The molecule has 0 amide bonds. The first-order chi connectivity index (χ1) is 10.1. The van der Waals surface area contributed by atoms with Crippen molar-refractivity contribution in [2.75, 3.05) is 0 Å². The van der Waals surface area contributed by atoms with Gasteiger partial charge in [0.25, 0.3) is 0 Å². The van der Waals surface area contributed by atoms with Crippen LogP contribution in [0, 0.1) is 0 Å². The fourth-order valence-corrected chi connectivity index (χ4v) is 3.00. The van der Waals surface area contributed by atoms with Gasteiger partial charge in [-0.15, -0.1) is 11.3 Å². The summed E-state index contributed by atoms with van der Waals surface area (Å²) >= 11 is 10.8. The van der Waals surface area contributed by atoms with Crippen molar-refractivity contribution in [3.05, 3.63) is 57.2 Å². The zero-order valence-corrected chi connectivity index (χ0v) is 13.7. The summed E-state index contributed by atoms with van der Waals surface area (Å²) in [6.07, 6.45) is 4.77. The van der Waals surface area contributed by atoms with Crippen molar-refractivity contribution < 1.29 is 9.53 Å². The molecule has 0 aliphatic rings. The lowest BCUT2D eigenvalue weighted by Crippen LogP contribution is -2.03. The number of nitrogens with zero attached hydrogens (tertiary/aromatic N) is 2. The van der Waals surface area contributed by atoms with Crippen LogP contribution in [0.1, 0.15) is 5.69 Å². The zero-order chi connectivity index (χ0) is 14.8. The summed E-state index contributed by atoms with van der Waals surface area (Å²) in [6.45, 7) is 0. The van der Waals surface area contributed by atoms with Crippen LogP contribution in [0.25, 0.3) is 11.0 Å². The van der Waals surface area contributed by atoms with E-state index in [9.17, 15) is 4.79 Å². The SMILES string of the molecule is O=C(/C=C/c1c(Cl)nc2sccn12)Oc1ccc(Br)cc1. The molecule has 2 heterocycles. The Balaban J connectivity index is 1.76. The molecule has 3 rings (SSSR count). The van der Waals surface area contributed by atoms with Gasteiger partial charge in [0.15, 0.2) is 10.1 Å². The second-order valence-electron chi connectivity index (χ2n) is 4.05. The van der Waals surface area contributed by atoms with Gasteiger partial charge in [-0.1, -0.05) is 27.5 Å². The van der Waals surface area contributed by atoms with Crippen molar-refractivity contribution in [3.63, 3.8) is 0 Å². The van der Waals surface area contributed by atoms with Gasteiger partial charge in [-0.25, -0.2) is 9.78 Å². The fourth-order valence-electron chi connectivity index (χ4n) is 1.73. The second-order valence-corrected chi connectivity index (χ2v) is 6.20. The summed E-state index contributed by atoms with van der Waals surface area (Å²) in [5, 5.41) is 2.26. The zero-order valence-electron chi connectivity index (χ0n) is 10.5. The molecule has 3 aromatic rings. The molecular formula is C14H8BrClN2O2S. The summed E-state index contributed by atoms with van der Waals surface area (Å²) in [5.41, 5.74) is 0.653. The van der Waals surface area contributed by atoms with Crippen LogP contribution in [-0.4, -0.2) is 15.4 Å². The Bertz CT molecular complexity index is 823. The van der Waals surface area contributed by atoms with Crippen molar-refractivity contribution in [2.45, 2.75) is 0 Å². The Morgan fingerprint density at radius 1 is 1.38 bits per heavy atom. The molecule has 0 aliphatic heterocycles. The Labute approximate surface area is 137 Å². The van der Waals surface area contributed by atoms with Gasteiger partial charge in [-0.05, 0) is 30.3 Å². The van der Waals surface area contributed by atoms with E-state index in [2.05, 4.69) is 20.9 Å². The molecule has 0 atom stereocenters. The Hall–Kier alpha value is -1.63. The third-order valence-electron chi connectivity index (χ3n) is 2.66. The number of hydrogen-bond acceptors (Lipinski definition) is 4. The first-order valence-electron chi connectivity index (χ1n) is 5.90. The highest BCUT2D eigenvalue weighted by Gasteiger charge is 2.09. The molecule has 0 unspecified atom stereocenters. The molecule has 106 valence electrons. The third kappa shape index (κ3) is 3.18. The molecule has 4 nitrogen and oxygen atoms in total. The minimum atomic E-state index is -0.474. The van der Waals surface area contributed by atoms with E-state index in [0.29, 0.717) is 16.6 Å². The number of benzene rings is 1. The van der Waals surface area contributed by atoms with Crippen molar-refractivity contribution in [2.24, 2.45) is 0 Å². The number of aromatic nitrogens is 2. The minimum absolute atomic E-state index is 0.356. The van der Waals surface area contributed by atoms with Gasteiger partial charge in [0.05, 0.1) is 5.69 Å². The molecule has 0 saturated heterocycles. The number of esters is 1. The summed E-state index contributed by atoms with van der Waals surface area (Å²) in [4.78, 5) is 16.7. The summed E-state index contributed by atoms with van der Waals surface area (Å²) < 4.78 is 7.92.